The van der Waals surface area contributed by atoms with E-state index >= 15 is 0 Å². The second-order valence-electron chi connectivity index (χ2n) is 2.89. The third-order valence-corrected chi connectivity index (χ3v) is 1.90. The number of likely N-dealkylation sites (N-methyl/N-ethyl adjacent to an activating group) is 1. The van der Waals surface area contributed by atoms with Crippen molar-refractivity contribution in [2.75, 3.05) is 6.54 Å². The van der Waals surface area contributed by atoms with Gasteiger partial charge < -0.3 is 15.5 Å². The van der Waals surface area contributed by atoms with Crippen molar-refractivity contribution in [2.45, 2.75) is 13.0 Å². The molecule has 1 aromatic carbocycles. The van der Waals surface area contributed by atoms with Crippen molar-refractivity contribution in [3.05, 3.63) is 29.8 Å². The summed E-state index contributed by atoms with van der Waals surface area (Å²) < 4.78 is 0. The molecule has 4 heteroatoms. The number of hydrogen-bond acceptors (Lipinski definition) is 3. The second-order valence-corrected chi connectivity index (χ2v) is 2.89. The predicted molar refractivity (Wildman–Crippen MR) is 52.2 cm³/mol. The lowest BCUT2D eigenvalue weighted by Crippen LogP contribution is -2.28. The Hall–Kier alpha value is -1.55. The number of nitrogens with one attached hydrogen (secondary N) is 1. The highest BCUT2D eigenvalue weighted by atomic mass is 16.4. The van der Waals surface area contributed by atoms with Crippen LogP contribution in [-0.2, 0) is 4.79 Å². The number of aliphatic carboxylic acids is 1. The summed E-state index contributed by atoms with van der Waals surface area (Å²) in [7, 11) is 0. The quantitative estimate of drug-likeness (QED) is 0.673. The lowest BCUT2D eigenvalue weighted by molar-refractivity contribution is -0.139. The molecule has 76 valence electrons. The third kappa shape index (κ3) is 2.23. The molecule has 0 aliphatic carbocycles. The molecule has 0 fully saturated rings. The van der Waals surface area contributed by atoms with Gasteiger partial charge in [0, 0.05) is 5.56 Å². The van der Waals surface area contributed by atoms with Crippen molar-refractivity contribution < 1.29 is 15.0 Å². The Kier molecular flexibility index (Phi) is 3.48. The largest absolute Gasteiger partial charge is 0.508 e. The molecule has 0 aliphatic heterocycles. The fourth-order valence-corrected chi connectivity index (χ4v) is 1.27. The van der Waals surface area contributed by atoms with E-state index in [0.29, 0.717) is 12.1 Å². The molecule has 0 saturated carbocycles. The average molecular weight is 195 g/mol. The zero-order chi connectivity index (χ0) is 10.6. The highest BCUT2D eigenvalue weighted by Gasteiger charge is 2.20. The first-order chi connectivity index (χ1) is 6.66. The molecule has 0 amide bonds. The zero-order valence-electron chi connectivity index (χ0n) is 7.90. The molecule has 1 atom stereocenters. The van der Waals surface area contributed by atoms with Crippen LogP contribution in [0.1, 0.15) is 18.5 Å². The van der Waals surface area contributed by atoms with Crippen LogP contribution in [0.4, 0.5) is 0 Å². The van der Waals surface area contributed by atoms with Crippen LogP contribution in [0, 0.1) is 0 Å². The lowest BCUT2D eigenvalue weighted by atomic mass is 10.1. The summed E-state index contributed by atoms with van der Waals surface area (Å²) in [5.74, 6) is -0.991. The van der Waals surface area contributed by atoms with E-state index in [4.69, 9.17) is 5.11 Å². The molecule has 0 aliphatic rings. The van der Waals surface area contributed by atoms with Crippen LogP contribution in [0.2, 0.25) is 0 Å². The van der Waals surface area contributed by atoms with E-state index in [9.17, 15) is 9.90 Å². The normalized spacial score (nSPS) is 12.4. The summed E-state index contributed by atoms with van der Waals surface area (Å²) in [5, 5.41) is 21.1. The van der Waals surface area contributed by atoms with Gasteiger partial charge in [-0.15, -0.1) is 0 Å². The van der Waals surface area contributed by atoms with Crippen molar-refractivity contribution in [1.29, 1.82) is 0 Å². The van der Waals surface area contributed by atoms with Gasteiger partial charge in [0.2, 0.25) is 0 Å². The number of benzene rings is 1. The number of carboxylic acids is 1. The number of hydrogen-bond donors (Lipinski definition) is 3. The SMILES string of the molecule is CCNC(C(=O)O)c1ccccc1O. The Bertz CT molecular complexity index is 325. The maximum atomic E-state index is 10.9. The maximum Gasteiger partial charge on any atom is 0.325 e. The highest BCUT2D eigenvalue weighted by molar-refractivity contribution is 5.76. The molecule has 0 radical (unpaired) electrons. The fourth-order valence-electron chi connectivity index (χ4n) is 1.27. The minimum absolute atomic E-state index is 0.000787. The molecule has 1 unspecified atom stereocenters. The van der Waals surface area contributed by atoms with Gasteiger partial charge in [0.25, 0.3) is 0 Å². The monoisotopic (exact) mass is 195 g/mol. The number of carboxylic acid groups (broad SMARTS) is 1. The van der Waals surface area contributed by atoms with Gasteiger partial charge in [-0.1, -0.05) is 25.1 Å². The van der Waals surface area contributed by atoms with E-state index in [0.717, 1.165) is 0 Å². The number of carbonyl (C=O) groups is 1. The van der Waals surface area contributed by atoms with E-state index < -0.39 is 12.0 Å². The van der Waals surface area contributed by atoms with Crippen LogP contribution >= 0.6 is 0 Å². The molecule has 0 aromatic heterocycles. The average Bonchev–Trinajstić information content (AvgIpc) is 2.15. The molecule has 14 heavy (non-hydrogen) atoms. The maximum absolute atomic E-state index is 10.9. The van der Waals surface area contributed by atoms with Gasteiger partial charge >= 0.3 is 5.97 Å². The van der Waals surface area contributed by atoms with Gasteiger partial charge in [-0.3, -0.25) is 4.79 Å². The van der Waals surface area contributed by atoms with E-state index in [-0.39, 0.29) is 5.75 Å². The Labute approximate surface area is 82.2 Å². The lowest BCUT2D eigenvalue weighted by Gasteiger charge is -2.14. The molecular formula is C10H13NO3. The Morgan fingerprint density at radius 3 is 2.64 bits per heavy atom. The van der Waals surface area contributed by atoms with Crippen molar-refractivity contribution in [2.24, 2.45) is 0 Å². The van der Waals surface area contributed by atoms with Gasteiger partial charge in [0.05, 0.1) is 0 Å². The van der Waals surface area contributed by atoms with Crippen molar-refractivity contribution >= 4 is 5.97 Å². The first kappa shape index (κ1) is 10.5. The Morgan fingerprint density at radius 1 is 1.50 bits per heavy atom. The van der Waals surface area contributed by atoms with Gasteiger partial charge in [0.15, 0.2) is 0 Å². The molecule has 4 nitrogen and oxygen atoms in total. The van der Waals surface area contributed by atoms with Crippen LogP contribution in [0.3, 0.4) is 0 Å². The number of para-hydroxylation sites is 1. The predicted octanol–water partition coefficient (Wildman–Crippen LogP) is 1.13. The zero-order valence-corrected chi connectivity index (χ0v) is 7.90. The van der Waals surface area contributed by atoms with Gasteiger partial charge in [-0.25, -0.2) is 0 Å². The fraction of sp³-hybridized carbons (Fsp3) is 0.300. The van der Waals surface area contributed by atoms with E-state index in [1.54, 1.807) is 18.2 Å². The van der Waals surface area contributed by atoms with E-state index in [1.807, 2.05) is 6.92 Å². The number of phenols is 1. The Balaban J connectivity index is 2.99. The van der Waals surface area contributed by atoms with Crippen molar-refractivity contribution in [3.63, 3.8) is 0 Å². The number of aromatic hydroxyl groups is 1. The molecule has 3 N–H and O–H groups in total. The van der Waals surface area contributed by atoms with Gasteiger partial charge in [0.1, 0.15) is 11.8 Å². The standard InChI is InChI=1S/C10H13NO3/c1-2-11-9(10(13)14)7-5-3-4-6-8(7)12/h3-6,9,11-12H,2H2,1H3,(H,13,14). The smallest absolute Gasteiger partial charge is 0.325 e. The second kappa shape index (κ2) is 4.62. The summed E-state index contributed by atoms with van der Waals surface area (Å²) >= 11 is 0. The molecule has 0 spiro atoms. The van der Waals surface area contributed by atoms with E-state index in [2.05, 4.69) is 5.32 Å². The first-order valence-corrected chi connectivity index (χ1v) is 4.41. The molecule has 1 rings (SSSR count). The van der Waals surface area contributed by atoms with Crippen molar-refractivity contribution in [3.8, 4) is 5.75 Å². The summed E-state index contributed by atoms with van der Waals surface area (Å²) in [4.78, 5) is 10.9. The molecule has 1 aromatic rings. The third-order valence-electron chi connectivity index (χ3n) is 1.90. The van der Waals surface area contributed by atoms with Crippen LogP contribution in [0.5, 0.6) is 5.75 Å². The number of rotatable bonds is 4. The van der Waals surface area contributed by atoms with Crippen LogP contribution in [-0.4, -0.2) is 22.7 Å². The van der Waals surface area contributed by atoms with E-state index in [1.165, 1.54) is 6.07 Å². The molecule has 0 bridgehead atoms. The Morgan fingerprint density at radius 2 is 2.14 bits per heavy atom. The minimum Gasteiger partial charge on any atom is -0.508 e. The summed E-state index contributed by atoms with van der Waals surface area (Å²) in [5.41, 5.74) is 0.391. The van der Waals surface area contributed by atoms with Gasteiger partial charge in [-0.05, 0) is 12.6 Å². The van der Waals surface area contributed by atoms with Gasteiger partial charge in [-0.2, -0.15) is 0 Å². The highest BCUT2D eigenvalue weighted by Crippen LogP contribution is 2.23. The van der Waals surface area contributed by atoms with Crippen LogP contribution in [0.15, 0.2) is 24.3 Å². The topological polar surface area (TPSA) is 69.6 Å². The number of phenolic OH excluding ortho intramolecular Hbond substituents is 1. The molecule has 0 saturated heterocycles. The summed E-state index contributed by atoms with van der Waals surface area (Å²) in [6.45, 7) is 2.35. The minimum atomic E-state index is -0.992. The molecule has 0 heterocycles. The summed E-state index contributed by atoms with van der Waals surface area (Å²) in [6, 6.07) is 5.58. The first-order valence-electron chi connectivity index (χ1n) is 4.41. The van der Waals surface area contributed by atoms with Crippen LogP contribution in [0.25, 0.3) is 0 Å². The molecular weight excluding hydrogens is 182 g/mol. The van der Waals surface area contributed by atoms with Crippen LogP contribution < -0.4 is 5.32 Å². The van der Waals surface area contributed by atoms with Crippen molar-refractivity contribution in [1.82, 2.24) is 5.32 Å². The summed E-state index contributed by atoms with van der Waals surface area (Å²) in [6.07, 6.45) is 0.